The van der Waals surface area contributed by atoms with Crippen LogP contribution in [0.4, 0.5) is 11.4 Å². The summed E-state index contributed by atoms with van der Waals surface area (Å²) in [4.78, 5) is 4.37. The summed E-state index contributed by atoms with van der Waals surface area (Å²) in [5.41, 5.74) is 8.75. The molecule has 2 rings (SSSR count). The molecule has 1 aromatic carbocycles. The third-order valence-corrected chi connectivity index (χ3v) is 9.48. The molecule has 0 radical (unpaired) electrons. The molecule has 2 aromatic rings. The first-order valence-corrected chi connectivity index (χ1v) is 11.6. The molecule has 0 atom stereocenters. The van der Waals surface area contributed by atoms with Gasteiger partial charge in [0.2, 0.25) is 0 Å². The molecule has 0 fully saturated rings. The van der Waals surface area contributed by atoms with Crippen LogP contribution in [0.15, 0.2) is 30.5 Å². The van der Waals surface area contributed by atoms with E-state index in [1.807, 2.05) is 18.2 Å². The van der Waals surface area contributed by atoms with Gasteiger partial charge in [0.25, 0.3) is 0 Å². The lowest BCUT2D eigenvalue weighted by Crippen LogP contribution is -2.41. The van der Waals surface area contributed by atoms with Crippen molar-refractivity contribution in [2.75, 3.05) is 24.2 Å². The number of nitrogen functional groups attached to an aromatic ring is 1. The molecule has 0 aliphatic carbocycles. The van der Waals surface area contributed by atoms with Gasteiger partial charge in [-0.25, -0.2) is 0 Å². The molecule has 0 spiro atoms. The average Bonchev–Trinajstić information content (AvgIpc) is 2.51. The third-order valence-electron chi connectivity index (χ3n) is 4.95. The van der Waals surface area contributed by atoms with Gasteiger partial charge in [0.05, 0.1) is 23.1 Å². The van der Waals surface area contributed by atoms with Crippen molar-refractivity contribution in [3.63, 3.8) is 0 Å². The number of hydrogen-bond acceptors (Lipinski definition) is 4. The first-order valence-electron chi connectivity index (χ1n) is 8.73. The van der Waals surface area contributed by atoms with Gasteiger partial charge >= 0.3 is 0 Å². The highest BCUT2D eigenvalue weighted by Crippen LogP contribution is 2.36. The SMILES string of the molecule is CC(C)(C)[Si](C)(C)OCCCCNc1c(N)cnc2ccccc12. The molecule has 132 valence electrons. The number of para-hydroxylation sites is 1. The van der Waals surface area contributed by atoms with Gasteiger partial charge in [-0.05, 0) is 37.0 Å². The predicted octanol–water partition coefficient (Wildman–Crippen LogP) is 5.03. The molecule has 0 aliphatic heterocycles. The number of hydrogen-bond donors (Lipinski definition) is 2. The Hall–Kier alpha value is -1.59. The molecule has 0 amide bonds. The largest absolute Gasteiger partial charge is 0.417 e. The highest BCUT2D eigenvalue weighted by molar-refractivity contribution is 6.74. The zero-order chi connectivity index (χ0) is 17.8. The molecule has 4 nitrogen and oxygen atoms in total. The Morgan fingerprint density at radius 2 is 1.88 bits per heavy atom. The number of fused-ring (bicyclic) bond motifs is 1. The van der Waals surface area contributed by atoms with Crippen molar-refractivity contribution in [3.05, 3.63) is 30.5 Å². The molecule has 0 saturated carbocycles. The van der Waals surface area contributed by atoms with E-state index in [0.717, 1.165) is 42.6 Å². The van der Waals surface area contributed by atoms with Crippen molar-refractivity contribution >= 4 is 30.6 Å². The van der Waals surface area contributed by atoms with E-state index in [1.54, 1.807) is 6.20 Å². The third kappa shape index (κ3) is 4.48. The van der Waals surface area contributed by atoms with E-state index in [4.69, 9.17) is 10.2 Å². The van der Waals surface area contributed by atoms with Crippen molar-refractivity contribution in [2.45, 2.75) is 51.7 Å². The minimum atomic E-state index is -1.62. The lowest BCUT2D eigenvalue weighted by Gasteiger charge is -2.36. The number of nitrogens with zero attached hydrogens (tertiary/aromatic N) is 1. The topological polar surface area (TPSA) is 60.2 Å². The summed E-state index contributed by atoms with van der Waals surface area (Å²) in [5, 5.41) is 4.83. The van der Waals surface area contributed by atoms with E-state index >= 15 is 0 Å². The van der Waals surface area contributed by atoms with Gasteiger partial charge in [0.1, 0.15) is 0 Å². The molecule has 24 heavy (non-hydrogen) atoms. The Morgan fingerprint density at radius 1 is 1.17 bits per heavy atom. The average molecular weight is 346 g/mol. The molecule has 3 N–H and O–H groups in total. The van der Waals surface area contributed by atoms with Gasteiger partial charge in [-0.3, -0.25) is 4.98 Å². The highest BCUT2D eigenvalue weighted by atomic mass is 28.4. The Kier molecular flexibility index (Phi) is 5.88. The van der Waals surface area contributed by atoms with Crippen LogP contribution in [0, 0.1) is 0 Å². The summed E-state index contributed by atoms with van der Waals surface area (Å²) in [6, 6.07) is 8.07. The van der Waals surface area contributed by atoms with Crippen LogP contribution in [0.2, 0.25) is 18.1 Å². The Morgan fingerprint density at radius 3 is 2.58 bits per heavy atom. The summed E-state index contributed by atoms with van der Waals surface area (Å²) >= 11 is 0. The molecule has 0 saturated heterocycles. The highest BCUT2D eigenvalue weighted by Gasteiger charge is 2.36. The maximum absolute atomic E-state index is 6.22. The summed E-state index contributed by atoms with van der Waals surface area (Å²) in [6.07, 6.45) is 3.85. The molecule has 0 unspecified atom stereocenters. The van der Waals surface area contributed by atoms with Crippen LogP contribution in [0.25, 0.3) is 10.9 Å². The summed E-state index contributed by atoms with van der Waals surface area (Å²) in [5.74, 6) is 0. The van der Waals surface area contributed by atoms with Crippen molar-refractivity contribution < 1.29 is 4.43 Å². The fourth-order valence-electron chi connectivity index (χ4n) is 2.34. The molecule has 1 aromatic heterocycles. The molecule has 0 aliphatic rings. The Bertz CT molecular complexity index is 680. The van der Waals surface area contributed by atoms with Crippen LogP contribution in [0.1, 0.15) is 33.6 Å². The minimum Gasteiger partial charge on any atom is -0.417 e. The van der Waals surface area contributed by atoms with Gasteiger partial charge in [-0.1, -0.05) is 39.0 Å². The van der Waals surface area contributed by atoms with Crippen LogP contribution < -0.4 is 11.1 Å². The van der Waals surface area contributed by atoms with Crippen LogP contribution in [0.3, 0.4) is 0 Å². The summed E-state index contributed by atoms with van der Waals surface area (Å²) < 4.78 is 6.22. The van der Waals surface area contributed by atoms with Crippen molar-refractivity contribution in [1.82, 2.24) is 4.98 Å². The zero-order valence-corrected chi connectivity index (χ0v) is 16.6. The number of pyridine rings is 1. The number of aromatic nitrogens is 1. The summed E-state index contributed by atoms with van der Waals surface area (Å²) in [6.45, 7) is 13.2. The molecular weight excluding hydrogens is 314 g/mol. The lowest BCUT2D eigenvalue weighted by molar-refractivity contribution is 0.280. The fourth-order valence-corrected chi connectivity index (χ4v) is 3.43. The van der Waals surface area contributed by atoms with Gasteiger partial charge < -0.3 is 15.5 Å². The van der Waals surface area contributed by atoms with E-state index in [1.165, 1.54) is 0 Å². The van der Waals surface area contributed by atoms with Crippen LogP contribution in [-0.2, 0) is 4.43 Å². The minimum absolute atomic E-state index is 0.273. The Balaban J connectivity index is 1.83. The van der Waals surface area contributed by atoms with Gasteiger partial charge in [-0.15, -0.1) is 0 Å². The normalized spacial score (nSPS) is 12.5. The molecule has 0 bridgehead atoms. The van der Waals surface area contributed by atoms with Crippen molar-refractivity contribution in [1.29, 1.82) is 0 Å². The standard InChI is InChI=1S/C19H31N3OSi/c1-19(2,3)24(4,5)23-13-9-8-12-21-18-15-10-6-7-11-17(15)22-14-16(18)20/h6-7,10-11,14H,8-9,12-13,20H2,1-5H3,(H,21,22). The first-order chi connectivity index (χ1) is 11.2. The lowest BCUT2D eigenvalue weighted by atomic mass is 10.1. The second-order valence-corrected chi connectivity index (χ2v) is 12.7. The zero-order valence-electron chi connectivity index (χ0n) is 15.6. The second-order valence-electron chi connectivity index (χ2n) is 7.85. The fraction of sp³-hybridized carbons (Fsp3) is 0.526. The van der Waals surface area contributed by atoms with Gasteiger partial charge in [0, 0.05) is 18.5 Å². The van der Waals surface area contributed by atoms with Crippen LogP contribution in [0.5, 0.6) is 0 Å². The van der Waals surface area contributed by atoms with Crippen molar-refractivity contribution in [2.24, 2.45) is 0 Å². The van der Waals surface area contributed by atoms with Crippen LogP contribution >= 0.6 is 0 Å². The van der Waals surface area contributed by atoms with E-state index < -0.39 is 8.32 Å². The number of anilines is 2. The number of benzene rings is 1. The number of nitrogens with one attached hydrogen (secondary N) is 1. The van der Waals surface area contributed by atoms with Gasteiger partial charge in [0.15, 0.2) is 8.32 Å². The monoisotopic (exact) mass is 345 g/mol. The molecule has 1 heterocycles. The van der Waals surface area contributed by atoms with E-state index in [0.29, 0.717) is 5.69 Å². The van der Waals surface area contributed by atoms with E-state index in [2.05, 4.69) is 50.2 Å². The maximum Gasteiger partial charge on any atom is 0.191 e. The molecular formula is C19H31N3OSi. The van der Waals surface area contributed by atoms with Crippen molar-refractivity contribution in [3.8, 4) is 0 Å². The first kappa shape index (κ1) is 18.7. The number of rotatable bonds is 7. The Labute approximate surface area is 146 Å². The van der Waals surface area contributed by atoms with Crippen LogP contribution in [-0.4, -0.2) is 26.5 Å². The van der Waals surface area contributed by atoms with Gasteiger partial charge in [-0.2, -0.15) is 0 Å². The molecule has 5 heteroatoms. The van der Waals surface area contributed by atoms with E-state index in [9.17, 15) is 0 Å². The predicted molar refractivity (Wildman–Crippen MR) is 107 cm³/mol. The second kappa shape index (κ2) is 7.53. The number of unbranched alkanes of at least 4 members (excludes halogenated alkanes) is 1. The number of nitrogens with two attached hydrogens (primary N) is 1. The maximum atomic E-state index is 6.22. The van der Waals surface area contributed by atoms with E-state index in [-0.39, 0.29) is 5.04 Å². The summed E-state index contributed by atoms with van der Waals surface area (Å²) in [7, 11) is -1.62. The quantitative estimate of drug-likeness (QED) is 0.546. The smallest absolute Gasteiger partial charge is 0.191 e.